The fourth-order valence-electron chi connectivity index (χ4n) is 3.25. The van der Waals surface area contributed by atoms with Gasteiger partial charge in [0.05, 0.1) is 11.5 Å². The van der Waals surface area contributed by atoms with E-state index in [0.717, 1.165) is 45.0 Å². The SMILES string of the molecule is CCOC(=O)C(C)N1C(=O)S/C(=C\c2cc(C)n(-c3cc(C)ccn3)c2C)C1=O. The first-order valence-corrected chi connectivity index (χ1v) is 10.1. The predicted octanol–water partition coefficient (Wildman–Crippen LogP) is 3.79. The maximum Gasteiger partial charge on any atom is 0.329 e. The number of aromatic nitrogens is 2. The van der Waals surface area contributed by atoms with Crippen LogP contribution in [0.15, 0.2) is 29.3 Å². The summed E-state index contributed by atoms with van der Waals surface area (Å²) in [6.07, 6.45) is 3.45. The van der Waals surface area contributed by atoms with Gasteiger partial charge in [0.15, 0.2) is 0 Å². The van der Waals surface area contributed by atoms with Crippen LogP contribution < -0.4 is 0 Å². The first-order valence-electron chi connectivity index (χ1n) is 9.30. The monoisotopic (exact) mass is 413 g/mol. The van der Waals surface area contributed by atoms with Crippen molar-refractivity contribution in [1.29, 1.82) is 0 Å². The Bertz CT molecular complexity index is 1020. The molecular weight excluding hydrogens is 390 g/mol. The van der Waals surface area contributed by atoms with E-state index >= 15 is 0 Å². The van der Waals surface area contributed by atoms with Crippen molar-refractivity contribution in [3.63, 3.8) is 0 Å². The van der Waals surface area contributed by atoms with Gasteiger partial charge in [-0.25, -0.2) is 9.78 Å². The first kappa shape index (κ1) is 20.9. The van der Waals surface area contributed by atoms with E-state index in [9.17, 15) is 14.4 Å². The Morgan fingerprint density at radius 1 is 1.28 bits per heavy atom. The Balaban J connectivity index is 1.93. The molecule has 1 saturated heterocycles. The Labute approximate surface area is 173 Å². The molecule has 0 aliphatic carbocycles. The summed E-state index contributed by atoms with van der Waals surface area (Å²) in [5.41, 5.74) is 3.79. The smallest absolute Gasteiger partial charge is 0.329 e. The molecule has 152 valence electrons. The van der Waals surface area contributed by atoms with Gasteiger partial charge in [-0.3, -0.25) is 14.5 Å². The number of hydrogen-bond donors (Lipinski definition) is 0. The second kappa shape index (κ2) is 8.24. The molecule has 1 unspecified atom stereocenters. The standard InChI is InChI=1S/C21H23N3O4S/c1-6-28-20(26)15(5)24-19(25)17(29-21(24)27)11-16-10-13(3)23(14(16)4)18-9-12(2)7-8-22-18/h7-11,15H,6H2,1-5H3/b17-11-. The third kappa shape index (κ3) is 3.98. The van der Waals surface area contributed by atoms with Crippen LogP contribution in [0, 0.1) is 20.8 Å². The Hall–Kier alpha value is -2.87. The number of hydrogen-bond acceptors (Lipinski definition) is 6. The van der Waals surface area contributed by atoms with Gasteiger partial charge in [0, 0.05) is 17.6 Å². The van der Waals surface area contributed by atoms with E-state index in [1.807, 2.05) is 43.5 Å². The van der Waals surface area contributed by atoms with E-state index in [1.54, 1.807) is 19.2 Å². The van der Waals surface area contributed by atoms with Gasteiger partial charge in [0.2, 0.25) is 0 Å². The van der Waals surface area contributed by atoms with Gasteiger partial charge in [0.1, 0.15) is 11.9 Å². The fraction of sp³-hybridized carbons (Fsp3) is 0.333. The quantitative estimate of drug-likeness (QED) is 0.548. The molecule has 1 fully saturated rings. The maximum absolute atomic E-state index is 12.8. The number of carbonyl (C=O) groups excluding carboxylic acids is 3. The van der Waals surface area contributed by atoms with Gasteiger partial charge in [-0.05, 0) is 81.8 Å². The number of thioether (sulfide) groups is 1. The van der Waals surface area contributed by atoms with Crippen LogP contribution in [0.4, 0.5) is 4.79 Å². The minimum Gasteiger partial charge on any atom is -0.464 e. The molecule has 29 heavy (non-hydrogen) atoms. The minimum absolute atomic E-state index is 0.189. The summed E-state index contributed by atoms with van der Waals surface area (Å²) in [6, 6.07) is 4.90. The van der Waals surface area contributed by atoms with Crippen molar-refractivity contribution >= 4 is 35.0 Å². The Kier molecular flexibility index (Phi) is 5.93. The van der Waals surface area contributed by atoms with Gasteiger partial charge >= 0.3 is 5.97 Å². The molecule has 2 amide bonds. The number of nitrogens with zero attached hydrogens (tertiary/aromatic N) is 3. The van der Waals surface area contributed by atoms with Crippen LogP contribution in [-0.2, 0) is 14.3 Å². The Morgan fingerprint density at radius 2 is 2.00 bits per heavy atom. The van der Waals surface area contributed by atoms with Crippen LogP contribution in [0.2, 0.25) is 0 Å². The van der Waals surface area contributed by atoms with Crippen LogP contribution in [0.5, 0.6) is 0 Å². The van der Waals surface area contributed by atoms with Gasteiger partial charge in [-0.1, -0.05) is 0 Å². The molecule has 1 atom stereocenters. The summed E-state index contributed by atoms with van der Waals surface area (Å²) in [7, 11) is 0. The molecule has 0 bridgehead atoms. The highest BCUT2D eigenvalue weighted by atomic mass is 32.2. The molecule has 0 aromatic carbocycles. The maximum atomic E-state index is 12.8. The minimum atomic E-state index is -0.961. The van der Waals surface area contributed by atoms with E-state index < -0.39 is 23.2 Å². The number of pyridine rings is 1. The van der Waals surface area contributed by atoms with Crippen molar-refractivity contribution in [3.8, 4) is 5.82 Å². The van der Waals surface area contributed by atoms with E-state index in [2.05, 4.69) is 4.98 Å². The molecule has 2 aromatic heterocycles. The summed E-state index contributed by atoms with van der Waals surface area (Å²) in [4.78, 5) is 42.8. The number of rotatable bonds is 5. The second-order valence-corrected chi connectivity index (χ2v) is 7.83. The van der Waals surface area contributed by atoms with Gasteiger partial charge in [-0.15, -0.1) is 0 Å². The lowest BCUT2D eigenvalue weighted by Gasteiger charge is -2.19. The zero-order valence-corrected chi connectivity index (χ0v) is 17.9. The van der Waals surface area contributed by atoms with Crippen molar-refractivity contribution < 1.29 is 19.1 Å². The van der Waals surface area contributed by atoms with Crippen LogP contribution >= 0.6 is 11.8 Å². The number of amides is 2. The molecule has 0 spiro atoms. The van der Waals surface area contributed by atoms with Crippen molar-refractivity contribution in [2.24, 2.45) is 0 Å². The predicted molar refractivity (Wildman–Crippen MR) is 112 cm³/mol. The number of imide groups is 1. The van der Waals surface area contributed by atoms with Crippen LogP contribution in [0.25, 0.3) is 11.9 Å². The van der Waals surface area contributed by atoms with E-state index in [1.165, 1.54) is 6.92 Å². The van der Waals surface area contributed by atoms with Crippen molar-refractivity contribution in [2.75, 3.05) is 6.61 Å². The third-order valence-corrected chi connectivity index (χ3v) is 5.61. The summed E-state index contributed by atoms with van der Waals surface area (Å²) in [6.45, 7) is 9.26. The molecule has 3 heterocycles. The van der Waals surface area contributed by atoms with Crippen molar-refractivity contribution in [2.45, 2.75) is 40.7 Å². The summed E-state index contributed by atoms with van der Waals surface area (Å²) < 4.78 is 6.94. The zero-order chi connectivity index (χ0) is 21.3. The highest BCUT2D eigenvalue weighted by Crippen LogP contribution is 2.35. The summed E-state index contributed by atoms with van der Waals surface area (Å²) in [5, 5.41) is -0.476. The average Bonchev–Trinajstić information content (AvgIpc) is 3.09. The van der Waals surface area contributed by atoms with E-state index in [4.69, 9.17) is 4.74 Å². The molecule has 8 heteroatoms. The van der Waals surface area contributed by atoms with Gasteiger partial charge in [-0.2, -0.15) is 0 Å². The van der Waals surface area contributed by atoms with Crippen LogP contribution in [-0.4, -0.2) is 44.2 Å². The largest absolute Gasteiger partial charge is 0.464 e. The molecule has 0 radical (unpaired) electrons. The average molecular weight is 413 g/mol. The fourth-order valence-corrected chi connectivity index (χ4v) is 4.15. The second-order valence-electron chi connectivity index (χ2n) is 6.83. The summed E-state index contributed by atoms with van der Waals surface area (Å²) >= 11 is 0.828. The van der Waals surface area contributed by atoms with Gasteiger partial charge < -0.3 is 9.30 Å². The zero-order valence-electron chi connectivity index (χ0n) is 17.1. The Morgan fingerprint density at radius 3 is 2.66 bits per heavy atom. The number of carbonyl (C=O) groups is 3. The van der Waals surface area contributed by atoms with Crippen molar-refractivity contribution in [3.05, 3.63) is 51.8 Å². The number of aryl methyl sites for hydroxylation is 2. The van der Waals surface area contributed by atoms with Crippen LogP contribution in [0.1, 0.15) is 36.4 Å². The number of ether oxygens (including phenoxy) is 1. The molecule has 3 rings (SSSR count). The highest BCUT2D eigenvalue weighted by molar-refractivity contribution is 8.18. The lowest BCUT2D eigenvalue weighted by molar-refractivity contribution is -0.150. The summed E-state index contributed by atoms with van der Waals surface area (Å²) in [5.74, 6) is -0.289. The molecule has 0 N–H and O–H groups in total. The molecular formula is C21H23N3O4S. The molecule has 7 nitrogen and oxygen atoms in total. The lowest BCUT2D eigenvalue weighted by Crippen LogP contribution is -2.42. The van der Waals surface area contributed by atoms with E-state index in [-0.39, 0.29) is 11.5 Å². The van der Waals surface area contributed by atoms with E-state index in [0.29, 0.717) is 0 Å². The topological polar surface area (TPSA) is 81.5 Å². The van der Waals surface area contributed by atoms with Crippen LogP contribution in [0.3, 0.4) is 0 Å². The molecule has 1 aliphatic heterocycles. The first-order chi connectivity index (χ1) is 13.7. The molecule has 0 saturated carbocycles. The van der Waals surface area contributed by atoms with Gasteiger partial charge in [0.25, 0.3) is 11.1 Å². The van der Waals surface area contributed by atoms with Crippen molar-refractivity contribution in [1.82, 2.24) is 14.5 Å². The third-order valence-electron chi connectivity index (χ3n) is 4.73. The molecule has 1 aliphatic rings. The normalized spacial score (nSPS) is 16.6. The molecule has 2 aromatic rings. The lowest BCUT2D eigenvalue weighted by atomic mass is 10.2. The highest BCUT2D eigenvalue weighted by Gasteiger charge is 2.41. The number of esters is 1.